The summed E-state index contributed by atoms with van der Waals surface area (Å²) in [6.07, 6.45) is 1.82. The first kappa shape index (κ1) is 13.1. The summed E-state index contributed by atoms with van der Waals surface area (Å²) in [4.78, 5) is 5.41. The highest BCUT2D eigenvalue weighted by Gasteiger charge is 2.10. The molecule has 0 bridgehead atoms. The Morgan fingerprint density at radius 2 is 2.17 bits per heavy atom. The van der Waals surface area contributed by atoms with E-state index >= 15 is 0 Å². The number of hydrogen-bond donors (Lipinski definition) is 1. The summed E-state index contributed by atoms with van der Waals surface area (Å²) < 4.78 is 26.2. The lowest BCUT2D eigenvalue weighted by atomic mass is 10.2. The lowest BCUT2D eigenvalue weighted by Gasteiger charge is -2.11. The van der Waals surface area contributed by atoms with Crippen molar-refractivity contribution in [1.82, 2.24) is 10.3 Å². The summed E-state index contributed by atoms with van der Waals surface area (Å²) in [5.41, 5.74) is 0.455. The average Bonchev–Trinajstić information content (AvgIpc) is 2.74. The highest BCUT2D eigenvalue weighted by Crippen LogP contribution is 2.19. The number of thiazole rings is 1. The van der Waals surface area contributed by atoms with Gasteiger partial charge in [-0.05, 0) is 19.9 Å². The quantitative estimate of drug-likeness (QED) is 0.916. The maximum absolute atomic E-state index is 13.4. The molecule has 1 heterocycles. The topological polar surface area (TPSA) is 24.9 Å². The van der Waals surface area contributed by atoms with Crippen LogP contribution in [0.3, 0.4) is 0 Å². The lowest BCUT2D eigenvalue weighted by Crippen LogP contribution is -2.18. The molecule has 5 heteroatoms. The van der Waals surface area contributed by atoms with Gasteiger partial charge in [-0.2, -0.15) is 0 Å². The van der Waals surface area contributed by atoms with Crippen molar-refractivity contribution in [3.63, 3.8) is 0 Å². The van der Waals surface area contributed by atoms with Gasteiger partial charge >= 0.3 is 0 Å². The third-order valence-electron chi connectivity index (χ3n) is 2.62. The van der Waals surface area contributed by atoms with Crippen LogP contribution in [0.5, 0.6) is 0 Å². The molecule has 0 aliphatic carbocycles. The minimum atomic E-state index is -0.556. The number of nitrogens with one attached hydrogen (secondary N) is 1. The van der Waals surface area contributed by atoms with E-state index in [4.69, 9.17) is 0 Å². The van der Waals surface area contributed by atoms with Crippen LogP contribution in [0.4, 0.5) is 8.78 Å². The Kier molecular flexibility index (Phi) is 4.04. The number of aryl methyl sites for hydroxylation is 1. The van der Waals surface area contributed by atoms with E-state index in [-0.39, 0.29) is 6.04 Å². The van der Waals surface area contributed by atoms with Crippen LogP contribution in [0.2, 0.25) is 0 Å². The Hall–Kier alpha value is -1.33. The van der Waals surface area contributed by atoms with Crippen LogP contribution in [0.1, 0.15) is 28.4 Å². The number of aromatic nitrogens is 1. The van der Waals surface area contributed by atoms with E-state index in [0.29, 0.717) is 12.1 Å². The lowest BCUT2D eigenvalue weighted by molar-refractivity contribution is 0.532. The number of nitrogens with zero attached hydrogens (tertiary/aromatic N) is 1. The summed E-state index contributed by atoms with van der Waals surface area (Å²) in [5.74, 6) is -1.08. The molecule has 2 aromatic rings. The molecule has 1 aromatic carbocycles. The third-order valence-corrected chi connectivity index (χ3v) is 3.72. The standard InChI is InChI=1S/C13H14F2N2S/c1-8-6-17-13(18-8)9(2)16-7-10-3-4-11(14)5-12(10)15/h3-6,9,16H,7H2,1-2H3. The Morgan fingerprint density at radius 3 is 2.78 bits per heavy atom. The van der Waals surface area contributed by atoms with Gasteiger partial charge in [0.15, 0.2) is 0 Å². The Bertz CT molecular complexity index is 540. The molecule has 2 nitrogen and oxygen atoms in total. The maximum Gasteiger partial charge on any atom is 0.130 e. The molecule has 0 radical (unpaired) electrons. The van der Waals surface area contributed by atoms with Crippen molar-refractivity contribution in [2.24, 2.45) is 0 Å². The van der Waals surface area contributed by atoms with Crippen molar-refractivity contribution < 1.29 is 8.78 Å². The minimum Gasteiger partial charge on any atom is -0.304 e. The van der Waals surface area contributed by atoms with Gasteiger partial charge in [0.05, 0.1) is 6.04 Å². The van der Waals surface area contributed by atoms with E-state index < -0.39 is 11.6 Å². The molecule has 1 N–H and O–H groups in total. The van der Waals surface area contributed by atoms with Crippen LogP contribution < -0.4 is 5.32 Å². The molecule has 0 saturated carbocycles. The highest BCUT2D eigenvalue weighted by atomic mass is 32.1. The van der Waals surface area contributed by atoms with Gasteiger partial charge in [0.1, 0.15) is 16.6 Å². The van der Waals surface area contributed by atoms with Gasteiger partial charge in [-0.3, -0.25) is 0 Å². The zero-order valence-electron chi connectivity index (χ0n) is 10.2. The number of halogens is 2. The fourth-order valence-corrected chi connectivity index (χ4v) is 2.39. The monoisotopic (exact) mass is 268 g/mol. The maximum atomic E-state index is 13.4. The van der Waals surface area contributed by atoms with Gasteiger partial charge in [0.2, 0.25) is 0 Å². The smallest absolute Gasteiger partial charge is 0.130 e. The summed E-state index contributed by atoms with van der Waals surface area (Å²) in [6.45, 7) is 4.32. The van der Waals surface area contributed by atoms with Crippen LogP contribution in [0.25, 0.3) is 0 Å². The van der Waals surface area contributed by atoms with E-state index in [1.54, 1.807) is 11.3 Å². The van der Waals surface area contributed by atoms with Crippen molar-refractivity contribution in [3.8, 4) is 0 Å². The van der Waals surface area contributed by atoms with Gasteiger partial charge in [0.25, 0.3) is 0 Å². The van der Waals surface area contributed by atoms with Crippen molar-refractivity contribution >= 4 is 11.3 Å². The van der Waals surface area contributed by atoms with Crippen molar-refractivity contribution in [1.29, 1.82) is 0 Å². The van der Waals surface area contributed by atoms with Crippen molar-refractivity contribution in [2.75, 3.05) is 0 Å². The van der Waals surface area contributed by atoms with Crippen LogP contribution in [0.15, 0.2) is 24.4 Å². The molecule has 1 unspecified atom stereocenters. The molecule has 1 atom stereocenters. The van der Waals surface area contributed by atoms with Crippen LogP contribution >= 0.6 is 11.3 Å². The third kappa shape index (κ3) is 3.11. The van der Waals surface area contributed by atoms with E-state index in [1.165, 1.54) is 12.1 Å². The summed E-state index contributed by atoms with van der Waals surface area (Å²) >= 11 is 1.61. The zero-order chi connectivity index (χ0) is 13.1. The first-order valence-corrected chi connectivity index (χ1v) is 6.47. The molecule has 0 aliphatic heterocycles. The fourth-order valence-electron chi connectivity index (χ4n) is 1.59. The van der Waals surface area contributed by atoms with E-state index in [9.17, 15) is 8.78 Å². The van der Waals surface area contributed by atoms with Crippen LogP contribution in [-0.4, -0.2) is 4.98 Å². The molecule has 0 amide bonds. The second kappa shape index (κ2) is 5.54. The second-order valence-corrected chi connectivity index (χ2v) is 5.41. The minimum absolute atomic E-state index is 0.0492. The molecule has 1 aromatic heterocycles. The predicted octanol–water partition coefficient (Wildman–Crippen LogP) is 3.58. The van der Waals surface area contributed by atoms with E-state index in [2.05, 4.69) is 10.3 Å². The molecular weight excluding hydrogens is 254 g/mol. The molecule has 0 aliphatic rings. The molecule has 0 saturated heterocycles. The highest BCUT2D eigenvalue weighted by molar-refractivity contribution is 7.11. The zero-order valence-corrected chi connectivity index (χ0v) is 11.0. The first-order chi connectivity index (χ1) is 8.56. The second-order valence-electron chi connectivity index (χ2n) is 4.15. The number of benzene rings is 1. The molecular formula is C13H14F2N2S. The van der Waals surface area contributed by atoms with Crippen molar-refractivity contribution in [3.05, 3.63) is 51.5 Å². The van der Waals surface area contributed by atoms with E-state index in [1.807, 2.05) is 20.0 Å². The van der Waals surface area contributed by atoms with Gasteiger partial charge in [0, 0.05) is 29.2 Å². The SMILES string of the molecule is Cc1cnc(C(C)NCc2ccc(F)cc2F)s1. The summed E-state index contributed by atoms with van der Waals surface area (Å²) in [5, 5.41) is 4.14. The summed E-state index contributed by atoms with van der Waals surface area (Å²) in [6, 6.07) is 3.67. The first-order valence-electron chi connectivity index (χ1n) is 5.66. The van der Waals surface area contributed by atoms with E-state index in [0.717, 1.165) is 16.0 Å². The molecule has 0 fully saturated rings. The predicted molar refractivity (Wildman–Crippen MR) is 68.5 cm³/mol. The van der Waals surface area contributed by atoms with Crippen LogP contribution in [-0.2, 0) is 6.54 Å². The van der Waals surface area contributed by atoms with Gasteiger partial charge in [-0.25, -0.2) is 13.8 Å². The molecule has 0 spiro atoms. The Labute approximate surface area is 109 Å². The average molecular weight is 268 g/mol. The van der Waals surface area contributed by atoms with Gasteiger partial charge in [-0.1, -0.05) is 6.07 Å². The molecule has 96 valence electrons. The van der Waals surface area contributed by atoms with Gasteiger partial charge in [-0.15, -0.1) is 11.3 Å². The normalized spacial score (nSPS) is 12.7. The van der Waals surface area contributed by atoms with Crippen molar-refractivity contribution in [2.45, 2.75) is 26.4 Å². The molecule has 2 rings (SSSR count). The largest absolute Gasteiger partial charge is 0.304 e. The van der Waals surface area contributed by atoms with Gasteiger partial charge < -0.3 is 5.32 Å². The van der Waals surface area contributed by atoms with Crippen LogP contribution in [0, 0.1) is 18.6 Å². The fraction of sp³-hybridized carbons (Fsp3) is 0.308. The molecule has 18 heavy (non-hydrogen) atoms. The Balaban J connectivity index is 1.99. The number of hydrogen-bond acceptors (Lipinski definition) is 3. The summed E-state index contributed by atoms with van der Waals surface area (Å²) in [7, 11) is 0. The number of rotatable bonds is 4. The Morgan fingerprint density at radius 1 is 1.39 bits per heavy atom.